The fraction of sp³-hybridized carbons (Fsp3) is 0.353. The Bertz CT molecular complexity index is 771. The second-order valence-electron chi connectivity index (χ2n) is 5.98. The van der Waals surface area contributed by atoms with Gasteiger partial charge < -0.3 is 15.8 Å². The molecule has 0 fully saturated rings. The van der Waals surface area contributed by atoms with Crippen molar-refractivity contribution in [1.29, 1.82) is 0 Å². The van der Waals surface area contributed by atoms with Crippen LogP contribution in [0.2, 0.25) is 0 Å². The maximum absolute atomic E-state index is 12.4. The molecule has 2 rings (SSSR count). The molecule has 0 unspecified atom stereocenters. The van der Waals surface area contributed by atoms with Crippen LogP contribution in [0.3, 0.4) is 0 Å². The topological polar surface area (TPSA) is 99.2 Å². The summed E-state index contributed by atoms with van der Waals surface area (Å²) in [4.78, 5) is 24.4. The number of aryl methyl sites for hydroxylation is 1. The van der Waals surface area contributed by atoms with Gasteiger partial charge in [-0.05, 0) is 45.4 Å². The van der Waals surface area contributed by atoms with Crippen molar-refractivity contribution in [2.24, 2.45) is 0 Å². The van der Waals surface area contributed by atoms with Crippen LogP contribution in [0.5, 0.6) is 0 Å². The van der Waals surface area contributed by atoms with Crippen molar-refractivity contribution in [2.45, 2.75) is 33.2 Å². The average molecular weight is 367 g/mol. The Morgan fingerprint density at radius 3 is 2.68 bits per heavy atom. The van der Waals surface area contributed by atoms with Gasteiger partial charge in [0.25, 0.3) is 5.91 Å². The van der Waals surface area contributed by atoms with E-state index in [1.807, 2.05) is 6.92 Å². The van der Waals surface area contributed by atoms with Gasteiger partial charge in [0.2, 0.25) is 0 Å². The van der Waals surface area contributed by atoms with E-state index in [-0.39, 0.29) is 18.3 Å². The van der Waals surface area contributed by atoms with Crippen LogP contribution in [-0.2, 0) is 15.1 Å². The fourth-order valence-electron chi connectivity index (χ4n) is 2.18. The summed E-state index contributed by atoms with van der Waals surface area (Å²) in [6.45, 7) is 7.28. The van der Waals surface area contributed by atoms with E-state index in [4.69, 9.17) is 10.5 Å². The molecule has 0 saturated heterocycles. The van der Waals surface area contributed by atoms with Crippen LogP contribution in [0.1, 0.15) is 36.7 Å². The smallest absolute Gasteiger partial charge is 0.333 e. The third kappa shape index (κ3) is 4.51. The van der Waals surface area contributed by atoms with E-state index >= 15 is 0 Å². The van der Waals surface area contributed by atoms with Crippen LogP contribution in [0.4, 0.5) is 11.4 Å². The number of nitrogens with two attached hydrogens (primary N) is 1. The molecule has 3 N–H and O–H groups in total. The minimum atomic E-state index is -0.966. The van der Waals surface area contributed by atoms with Crippen molar-refractivity contribution in [3.8, 4) is 0 Å². The minimum absolute atomic E-state index is 0. The predicted molar refractivity (Wildman–Crippen MR) is 99.0 cm³/mol. The zero-order chi connectivity index (χ0) is 17.9. The maximum atomic E-state index is 12.4. The molecule has 0 aliphatic carbocycles. The molecular weight excluding hydrogens is 344 g/mol. The number of carbonyl (C=O) groups excluding carboxylic acids is 2. The van der Waals surface area contributed by atoms with Crippen LogP contribution in [0, 0.1) is 6.92 Å². The number of carbonyl (C=O) groups is 2. The van der Waals surface area contributed by atoms with Gasteiger partial charge >= 0.3 is 5.97 Å². The number of esters is 1. The van der Waals surface area contributed by atoms with E-state index in [1.54, 1.807) is 45.2 Å². The molecule has 1 aromatic carbocycles. The summed E-state index contributed by atoms with van der Waals surface area (Å²) in [5, 5.41) is 6.91. The van der Waals surface area contributed by atoms with E-state index in [2.05, 4.69) is 10.4 Å². The quantitative estimate of drug-likeness (QED) is 0.626. The number of nitrogens with zero attached hydrogens (tertiary/aromatic N) is 2. The lowest BCUT2D eigenvalue weighted by Gasteiger charge is -2.22. The Labute approximate surface area is 152 Å². The molecule has 0 atom stereocenters. The number of rotatable bonds is 5. The molecule has 0 radical (unpaired) electrons. The number of ether oxygens (including phenoxy) is 1. The highest BCUT2D eigenvalue weighted by Gasteiger charge is 2.32. The van der Waals surface area contributed by atoms with Gasteiger partial charge in [-0.3, -0.25) is 9.48 Å². The largest absolute Gasteiger partial charge is 0.464 e. The van der Waals surface area contributed by atoms with Crippen molar-refractivity contribution in [2.75, 3.05) is 17.7 Å². The zero-order valence-corrected chi connectivity index (χ0v) is 15.5. The van der Waals surface area contributed by atoms with Crippen LogP contribution in [-0.4, -0.2) is 28.3 Å². The molecule has 1 heterocycles. The predicted octanol–water partition coefficient (Wildman–Crippen LogP) is 2.75. The molecule has 2 aromatic rings. The van der Waals surface area contributed by atoms with E-state index in [0.717, 1.165) is 5.56 Å². The zero-order valence-electron chi connectivity index (χ0n) is 14.7. The van der Waals surface area contributed by atoms with Gasteiger partial charge in [-0.25, -0.2) is 4.79 Å². The molecule has 0 aliphatic rings. The van der Waals surface area contributed by atoms with Crippen molar-refractivity contribution in [3.63, 3.8) is 0 Å². The first-order chi connectivity index (χ1) is 11.3. The lowest BCUT2D eigenvalue weighted by molar-refractivity contribution is -0.152. The Hall–Kier alpha value is -2.54. The Morgan fingerprint density at radius 2 is 2.04 bits per heavy atom. The van der Waals surface area contributed by atoms with Crippen molar-refractivity contribution in [1.82, 2.24) is 9.78 Å². The number of anilines is 2. The second kappa shape index (κ2) is 8.02. The highest BCUT2D eigenvalue weighted by Crippen LogP contribution is 2.20. The third-order valence-electron chi connectivity index (χ3n) is 3.69. The normalized spacial score (nSPS) is 10.7. The summed E-state index contributed by atoms with van der Waals surface area (Å²) < 4.78 is 6.51. The summed E-state index contributed by atoms with van der Waals surface area (Å²) in [6.07, 6.45) is 3.08. The summed E-state index contributed by atoms with van der Waals surface area (Å²) in [5.41, 5.74) is 7.08. The van der Waals surface area contributed by atoms with Crippen LogP contribution in [0.15, 0.2) is 30.6 Å². The monoisotopic (exact) mass is 366 g/mol. The molecule has 1 aromatic heterocycles. The molecule has 0 bridgehead atoms. The van der Waals surface area contributed by atoms with Crippen molar-refractivity contribution < 1.29 is 14.3 Å². The molecule has 0 aliphatic heterocycles. The second-order valence-corrected chi connectivity index (χ2v) is 5.98. The number of hydrogen-bond acceptors (Lipinski definition) is 5. The van der Waals surface area contributed by atoms with Crippen LogP contribution < -0.4 is 11.1 Å². The number of aromatic nitrogens is 2. The SMILES string of the molecule is CCOC(=O)C(C)(C)n1cc(NC(=O)c2cc(N)ccc2C)cn1.Cl. The van der Waals surface area contributed by atoms with E-state index in [0.29, 0.717) is 23.5 Å². The fourth-order valence-corrected chi connectivity index (χ4v) is 2.18. The molecule has 7 nitrogen and oxygen atoms in total. The standard InChI is InChI=1S/C17H22N4O3.ClH/c1-5-24-16(23)17(3,4)21-10-13(9-19-21)20-15(22)14-8-12(18)7-6-11(14)2;/h6-10H,5,18H2,1-4H3,(H,20,22);1H. The molecule has 0 saturated carbocycles. The van der Waals surface area contributed by atoms with Gasteiger partial charge in [0.1, 0.15) is 0 Å². The Morgan fingerprint density at radius 1 is 1.36 bits per heavy atom. The number of halogens is 1. The van der Waals surface area contributed by atoms with Gasteiger partial charge in [-0.2, -0.15) is 5.10 Å². The number of benzene rings is 1. The first kappa shape index (κ1) is 20.5. The first-order valence-corrected chi connectivity index (χ1v) is 7.65. The molecular formula is C17H23ClN4O3. The summed E-state index contributed by atoms with van der Waals surface area (Å²) in [5.74, 6) is -0.675. The van der Waals surface area contributed by atoms with Gasteiger partial charge in [0, 0.05) is 17.4 Å². The number of nitrogens with one attached hydrogen (secondary N) is 1. The van der Waals surface area contributed by atoms with Crippen LogP contribution in [0.25, 0.3) is 0 Å². The van der Waals surface area contributed by atoms with Crippen molar-refractivity contribution >= 4 is 35.7 Å². The Kier molecular flexibility index (Phi) is 6.58. The van der Waals surface area contributed by atoms with Gasteiger partial charge in [-0.15, -0.1) is 12.4 Å². The van der Waals surface area contributed by atoms with Gasteiger partial charge in [-0.1, -0.05) is 6.07 Å². The van der Waals surface area contributed by atoms with E-state index in [9.17, 15) is 9.59 Å². The van der Waals surface area contributed by atoms with Crippen molar-refractivity contribution in [3.05, 3.63) is 41.7 Å². The number of nitrogen functional groups attached to an aromatic ring is 1. The lowest BCUT2D eigenvalue weighted by Crippen LogP contribution is -2.37. The lowest BCUT2D eigenvalue weighted by atomic mass is 10.1. The molecule has 136 valence electrons. The van der Waals surface area contributed by atoms with E-state index < -0.39 is 11.5 Å². The molecule has 8 heteroatoms. The number of amides is 1. The van der Waals surface area contributed by atoms with Gasteiger partial charge in [0.15, 0.2) is 5.54 Å². The van der Waals surface area contributed by atoms with Crippen LogP contribution >= 0.6 is 12.4 Å². The summed E-state index contributed by atoms with van der Waals surface area (Å²) in [6, 6.07) is 5.15. The Balaban J connectivity index is 0.00000312. The number of hydrogen-bond donors (Lipinski definition) is 2. The van der Waals surface area contributed by atoms with Gasteiger partial charge in [0.05, 0.1) is 18.5 Å². The highest BCUT2D eigenvalue weighted by molar-refractivity contribution is 6.05. The minimum Gasteiger partial charge on any atom is -0.464 e. The summed E-state index contributed by atoms with van der Waals surface area (Å²) >= 11 is 0. The average Bonchev–Trinajstić information content (AvgIpc) is 2.99. The van der Waals surface area contributed by atoms with E-state index in [1.165, 1.54) is 10.9 Å². The highest BCUT2D eigenvalue weighted by atomic mass is 35.5. The first-order valence-electron chi connectivity index (χ1n) is 7.65. The molecule has 1 amide bonds. The maximum Gasteiger partial charge on any atom is 0.333 e. The molecule has 25 heavy (non-hydrogen) atoms. The summed E-state index contributed by atoms with van der Waals surface area (Å²) in [7, 11) is 0. The molecule has 0 spiro atoms. The third-order valence-corrected chi connectivity index (χ3v) is 3.69.